The smallest absolute Gasteiger partial charge is 0.344 e. The van der Waals surface area contributed by atoms with Crippen LogP contribution >= 0.6 is 11.6 Å². The minimum Gasteiger partial charge on any atom is -0.482 e. The number of likely N-dealkylation sites (tertiary alicyclic amines) is 1. The molecular weight excluding hydrogens is 342 g/mol. The summed E-state index contributed by atoms with van der Waals surface area (Å²) < 4.78 is 10.7. The molecule has 2 rings (SSSR count). The van der Waals surface area contributed by atoms with Crippen molar-refractivity contribution in [2.45, 2.75) is 58.6 Å². The van der Waals surface area contributed by atoms with Gasteiger partial charge in [-0.3, -0.25) is 4.79 Å². The molecule has 0 radical (unpaired) electrons. The minimum absolute atomic E-state index is 0.123. The first-order chi connectivity index (χ1) is 11.9. The molecule has 1 fully saturated rings. The molecular formula is C19H26ClNO4. The summed E-state index contributed by atoms with van der Waals surface area (Å²) in [5, 5.41) is 0.610. The number of benzene rings is 1. The lowest BCUT2D eigenvalue weighted by Gasteiger charge is -2.36. The Kier molecular flexibility index (Phi) is 7.12. The Labute approximate surface area is 154 Å². The maximum Gasteiger partial charge on any atom is 0.344 e. The molecule has 0 N–H and O–H groups in total. The molecule has 5 nitrogen and oxygen atoms in total. The molecule has 0 aromatic heterocycles. The highest BCUT2D eigenvalue weighted by atomic mass is 35.5. The van der Waals surface area contributed by atoms with E-state index < -0.39 is 12.1 Å². The molecule has 2 atom stereocenters. The predicted molar refractivity (Wildman–Crippen MR) is 96.9 cm³/mol. The van der Waals surface area contributed by atoms with Crippen molar-refractivity contribution in [2.75, 3.05) is 13.2 Å². The van der Waals surface area contributed by atoms with Crippen molar-refractivity contribution in [3.05, 3.63) is 28.8 Å². The Morgan fingerprint density at radius 1 is 1.36 bits per heavy atom. The molecule has 1 aliphatic rings. The molecule has 2 unspecified atom stereocenters. The number of rotatable bonds is 6. The Bertz CT molecular complexity index is 619. The van der Waals surface area contributed by atoms with Crippen molar-refractivity contribution < 1.29 is 19.1 Å². The second kappa shape index (κ2) is 9.09. The maximum atomic E-state index is 12.6. The van der Waals surface area contributed by atoms with Gasteiger partial charge >= 0.3 is 5.97 Å². The summed E-state index contributed by atoms with van der Waals surface area (Å²) in [6.07, 6.45) is 3.29. The van der Waals surface area contributed by atoms with Crippen LogP contribution in [0.4, 0.5) is 0 Å². The number of carbonyl (C=O) groups is 2. The van der Waals surface area contributed by atoms with E-state index >= 15 is 0 Å². The third-order valence-corrected chi connectivity index (χ3v) is 4.76. The van der Waals surface area contributed by atoms with Crippen LogP contribution in [0.3, 0.4) is 0 Å². The van der Waals surface area contributed by atoms with E-state index in [0.29, 0.717) is 10.8 Å². The van der Waals surface area contributed by atoms with Gasteiger partial charge in [0.15, 0.2) is 12.7 Å². The fraction of sp³-hybridized carbons (Fsp3) is 0.579. The molecule has 0 bridgehead atoms. The van der Waals surface area contributed by atoms with Crippen molar-refractivity contribution in [3.63, 3.8) is 0 Å². The first-order valence-electron chi connectivity index (χ1n) is 8.81. The van der Waals surface area contributed by atoms with Gasteiger partial charge < -0.3 is 14.4 Å². The Hall–Kier alpha value is -1.75. The van der Waals surface area contributed by atoms with E-state index in [1.165, 1.54) is 0 Å². The summed E-state index contributed by atoms with van der Waals surface area (Å²) in [4.78, 5) is 26.4. The number of halogens is 1. The zero-order valence-electron chi connectivity index (χ0n) is 15.1. The van der Waals surface area contributed by atoms with Gasteiger partial charge in [0.25, 0.3) is 5.91 Å². The number of aryl methyl sites for hydroxylation is 1. The van der Waals surface area contributed by atoms with Crippen LogP contribution in [0.15, 0.2) is 18.2 Å². The predicted octanol–water partition coefficient (Wildman–Crippen LogP) is 3.75. The van der Waals surface area contributed by atoms with E-state index in [1.54, 1.807) is 25.1 Å². The maximum absolute atomic E-state index is 12.6. The number of nitrogens with zero attached hydrogens (tertiary/aromatic N) is 1. The first-order valence-corrected chi connectivity index (χ1v) is 9.19. The fourth-order valence-corrected chi connectivity index (χ4v) is 3.37. The molecule has 138 valence electrons. The highest BCUT2D eigenvalue weighted by Crippen LogP contribution is 2.22. The van der Waals surface area contributed by atoms with Crippen LogP contribution in [-0.4, -0.2) is 42.1 Å². The number of esters is 1. The Morgan fingerprint density at radius 2 is 2.12 bits per heavy atom. The summed E-state index contributed by atoms with van der Waals surface area (Å²) in [5.74, 6) is -0.106. The number of hydrogen-bond acceptors (Lipinski definition) is 4. The molecule has 1 aromatic rings. The molecule has 0 saturated carbocycles. The highest BCUT2D eigenvalue weighted by Gasteiger charge is 2.30. The third-order valence-electron chi connectivity index (χ3n) is 4.52. The number of piperidine rings is 1. The summed E-state index contributed by atoms with van der Waals surface area (Å²) in [6.45, 7) is 6.04. The largest absolute Gasteiger partial charge is 0.482 e. The van der Waals surface area contributed by atoms with Gasteiger partial charge in [-0.15, -0.1) is 0 Å². The second-order valence-electron chi connectivity index (χ2n) is 6.42. The van der Waals surface area contributed by atoms with Crippen LogP contribution in [0.25, 0.3) is 0 Å². The van der Waals surface area contributed by atoms with Crippen molar-refractivity contribution in [3.8, 4) is 5.75 Å². The molecule has 1 aliphatic heterocycles. The number of hydrogen-bond donors (Lipinski definition) is 0. The standard InChI is InChI=1S/C19H26ClNO4/c1-4-16-7-5-6-10-21(16)19(23)14(3)25-18(22)12-24-17-9-8-15(20)11-13(17)2/h8-9,11,14,16H,4-7,10,12H2,1-3H3. The molecule has 1 saturated heterocycles. The molecule has 1 aromatic carbocycles. The van der Waals surface area contributed by atoms with Gasteiger partial charge in [0, 0.05) is 17.6 Å². The van der Waals surface area contributed by atoms with Crippen LogP contribution in [0.5, 0.6) is 5.75 Å². The Balaban J connectivity index is 1.85. The lowest BCUT2D eigenvalue weighted by molar-refractivity contribution is -0.162. The van der Waals surface area contributed by atoms with Gasteiger partial charge in [-0.2, -0.15) is 0 Å². The van der Waals surface area contributed by atoms with Gasteiger partial charge in [0.1, 0.15) is 5.75 Å². The fourth-order valence-electron chi connectivity index (χ4n) is 3.14. The summed E-state index contributed by atoms with van der Waals surface area (Å²) in [6, 6.07) is 5.41. The van der Waals surface area contributed by atoms with Gasteiger partial charge in [0.05, 0.1) is 0 Å². The number of carbonyl (C=O) groups excluding carboxylic acids is 2. The van der Waals surface area contributed by atoms with Crippen LogP contribution in [0.1, 0.15) is 45.1 Å². The van der Waals surface area contributed by atoms with Crippen LogP contribution in [0.2, 0.25) is 5.02 Å². The number of ether oxygens (including phenoxy) is 2. The minimum atomic E-state index is -0.797. The second-order valence-corrected chi connectivity index (χ2v) is 6.86. The zero-order valence-corrected chi connectivity index (χ0v) is 15.8. The lowest BCUT2D eigenvalue weighted by atomic mass is 9.99. The van der Waals surface area contributed by atoms with Gasteiger partial charge in [-0.25, -0.2) is 4.79 Å². The lowest BCUT2D eigenvalue weighted by Crippen LogP contribution is -2.48. The molecule has 1 amide bonds. The summed E-state index contributed by atoms with van der Waals surface area (Å²) in [5.41, 5.74) is 0.837. The average Bonchev–Trinajstić information content (AvgIpc) is 2.60. The van der Waals surface area contributed by atoms with E-state index in [-0.39, 0.29) is 18.6 Å². The van der Waals surface area contributed by atoms with Crippen LogP contribution in [0, 0.1) is 6.92 Å². The zero-order chi connectivity index (χ0) is 18.4. The highest BCUT2D eigenvalue weighted by molar-refractivity contribution is 6.30. The summed E-state index contributed by atoms with van der Waals surface area (Å²) >= 11 is 5.89. The van der Waals surface area contributed by atoms with Crippen molar-refractivity contribution in [1.29, 1.82) is 0 Å². The van der Waals surface area contributed by atoms with E-state index in [2.05, 4.69) is 6.92 Å². The van der Waals surface area contributed by atoms with E-state index in [1.807, 2.05) is 11.8 Å². The van der Waals surface area contributed by atoms with E-state index in [9.17, 15) is 9.59 Å². The molecule has 6 heteroatoms. The molecule has 0 spiro atoms. The monoisotopic (exact) mass is 367 g/mol. The molecule has 25 heavy (non-hydrogen) atoms. The summed E-state index contributed by atoms with van der Waals surface area (Å²) in [7, 11) is 0. The van der Waals surface area contributed by atoms with Gasteiger partial charge in [0.2, 0.25) is 0 Å². The third kappa shape index (κ3) is 5.36. The topological polar surface area (TPSA) is 55.8 Å². The van der Waals surface area contributed by atoms with Crippen molar-refractivity contribution >= 4 is 23.5 Å². The normalized spacial score (nSPS) is 18.6. The van der Waals surface area contributed by atoms with Gasteiger partial charge in [-0.05, 0) is 63.3 Å². The number of amides is 1. The van der Waals surface area contributed by atoms with E-state index in [0.717, 1.165) is 37.8 Å². The molecule has 1 heterocycles. The van der Waals surface area contributed by atoms with E-state index in [4.69, 9.17) is 21.1 Å². The Morgan fingerprint density at radius 3 is 2.80 bits per heavy atom. The SMILES string of the molecule is CCC1CCCCN1C(=O)C(C)OC(=O)COc1ccc(Cl)cc1C. The van der Waals surface area contributed by atoms with Crippen molar-refractivity contribution in [1.82, 2.24) is 4.90 Å². The van der Waals surface area contributed by atoms with Crippen LogP contribution < -0.4 is 4.74 Å². The average molecular weight is 368 g/mol. The molecule has 0 aliphatic carbocycles. The first kappa shape index (κ1) is 19.6. The van der Waals surface area contributed by atoms with Crippen molar-refractivity contribution in [2.24, 2.45) is 0 Å². The quantitative estimate of drug-likeness (QED) is 0.718. The van der Waals surface area contributed by atoms with Crippen LogP contribution in [-0.2, 0) is 14.3 Å². The van der Waals surface area contributed by atoms with Gasteiger partial charge in [-0.1, -0.05) is 18.5 Å².